The fourth-order valence-electron chi connectivity index (χ4n) is 10.6. The van der Waals surface area contributed by atoms with Gasteiger partial charge < -0.3 is 9.80 Å². The molecule has 2 aliphatic carbocycles. The Morgan fingerprint density at radius 2 is 1.38 bits per heavy atom. The zero-order chi connectivity index (χ0) is 30.5. The molecule has 220 valence electrons. The quantitative estimate of drug-likeness (QED) is 0.179. The maximum absolute atomic E-state index is 2.84. The summed E-state index contributed by atoms with van der Waals surface area (Å²) in [5.41, 5.74) is 20.0. The first-order valence-electron chi connectivity index (χ1n) is 17.0. The molecule has 3 heteroatoms. The van der Waals surface area contributed by atoms with Crippen LogP contribution in [0.15, 0.2) is 97.1 Å². The second-order valence-corrected chi connectivity index (χ2v) is 15.3. The minimum atomic E-state index is -0.0514. The highest BCUT2D eigenvalue weighted by Gasteiger charge is 2.61. The lowest BCUT2D eigenvalue weighted by Gasteiger charge is -2.53. The number of nitrogens with zero attached hydrogens (tertiary/aromatic N) is 2. The highest BCUT2D eigenvalue weighted by Crippen LogP contribution is 2.62. The third-order valence-electron chi connectivity index (χ3n) is 12.8. The number of anilines is 5. The number of rotatable bonds is 1. The summed E-state index contributed by atoms with van der Waals surface area (Å²) < 4.78 is 0. The number of aryl methyl sites for hydroxylation is 1. The molecule has 3 aliphatic heterocycles. The van der Waals surface area contributed by atoms with Gasteiger partial charge in [-0.2, -0.15) is 0 Å². The van der Waals surface area contributed by atoms with E-state index in [1.165, 1.54) is 98.3 Å². The third kappa shape index (κ3) is 2.90. The Bertz CT molecular complexity index is 2110. The molecule has 2 nitrogen and oxygen atoms in total. The molecular weight excluding hydrogens is 543 g/mol. The average molecular weight is 583 g/mol. The van der Waals surface area contributed by atoms with E-state index in [0.717, 1.165) is 0 Å². The molecule has 0 spiro atoms. The number of para-hydroxylation sites is 2. The lowest BCUT2D eigenvalue weighted by Crippen LogP contribution is -2.65. The van der Waals surface area contributed by atoms with Crippen LogP contribution in [0.4, 0.5) is 28.4 Å². The molecule has 0 aromatic heterocycles. The monoisotopic (exact) mass is 582 g/mol. The molecule has 1 fully saturated rings. The van der Waals surface area contributed by atoms with Gasteiger partial charge in [0, 0.05) is 39.3 Å². The van der Waals surface area contributed by atoms with Gasteiger partial charge in [0.15, 0.2) is 0 Å². The van der Waals surface area contributed by atoms with Crippen molar-refractivity contribution in [1.29, 1.82) is 0 Å². The molecule has 0 radical (unpaired) electrons. The maximum atomic E-state index is 2.84. The Hall–Kier alpha value is -4.24. The first kappa shape index (κ1) is 26.0. The van der Waals surface area contributed by atoms with Crippen LogP contribution in [-0.4, -0.2) is 12.3 Å². The summed E-state index contributed by atoms with van der Waals surface area (Å²) in [4.78, 5) is 5.42. The topological polar surface area (TPSA) is 6.48 Å². The summed E-state index contributed by atoms with van der Waals surface area (Å²) in [5.74, 6) is 0. The van der Waals surface area contributed by atoms with E-state index in [-0.39, 0.29) is 23.1 Å². The Labute approximate surface area is 267 Å². The van der Waals surface area contributed by atoms with Crippen molar-refractivity contribution in [3.8, 4) is 11.1 Å². The molecule has 5 aromatic rings. The van der Waals surface area contributed by atoms with Gasteiger partial charge in [-0.05, 0) is 107 Å². The molecular formula is C42H39BN2. The van der Waals surface area contributed by atoms with Crippen molar-refractivity contribution < 1.29 is 0 Å². The first-order valence-corrected chi connectivity index (χ1v) is 17.0. The van der Waals surface area contributed by atoms with E-state index >= 15 is 0 Å². The van der Waals surface area contributed by atoms with Gasteiger partial charge in [0.1, 0.15) is 0 Å². The van der Waals surface area contributed by atoms with Crippen LogP contribution in [0.1, 0.15) is 75.6 Å². The van der Waals surface area contributed by atoms with Gasteiger partial charge in [-0.25, -0.2) is 0 Å². The van der Waals surface area contributed by atoms with E-state index in [1.807, 2.05) is 0 Å². The SMILES string of the molecule is Cc1cc2c3c(c1)N1c4c(cccc4C4(C)CCCCC14C)B3c1c(ccc3c1-c1ccccc1C3(C)C)N2c1ccccc1. The van der Waals surface area contributed by atoms with E-state index in [2.05, 4.69) is 141 Å². The van der Waals surface area contributed by atoms with Crippen molar-refractivity contribution in [2.24, 2.45) is 0 Å². The number of hydrogen-bond donors (Lipinski definition) is 0. The van der Waals surface area contributed by atoms with Crippen LogP contribution in [0.5, 0.6) is 0 Å². The van der Waals surface area contributed by atoms with Gasteiger partial charge in [-0.3, -0.25) is 0 Å². The van der Waals surface area contributed by atoms with Crippen LogP contribution in [0.3, 0.4) is 0 Å². The summed E-state index contributed by atoms with van der Waals surface area (Å²) >= 11 is 0. The Kier molecular flexibility index (Phi) is 4.81. The van der Waals surface area contributed by atoms with Gasteiger partial charge in [-0.1, -0.05) is 100 Å². The van der Waals surface area contributed by atoms with Gasteiger partial charge in [0.25, 0.3) is 6.71 Å². The van der Waals surface area contributed by atoms with Crippen molar-refractivity contribution in [2.75, 3.05) is 9.80 Å². The van der Waals surface area contributed by atoms with Gasteiger partial charge >= 0.3 is 0 Å². The summed E-state index contributed by atoms with van der Waals surface area (Å²) in [7, 11) is 0. The van der Waals surface area contributed by atoms with Crippen LogP contribution in [0, 0.1) is 6.92 Å². The lowest BCUT2D eigenvalue weighted by atomic mass is 9.32. The number of fused-ring (bicyclic) bond motifs is 11. The molecule has 0 bridgehead atoms. The normalized spacial score (nSPS) is 24.0. The highest BCUT2D eigenvalue weighted by molar-refractivity contribution is 7.01. The van der Waals surface area contributed by atoms with Crippen LogP contribution in [-0.2, 0) is 10.8 Å². The number of hydrogen-bond acceptors (Lipinski definition) is 2. The van der Waals surface area contributed by atoms with Crippen molar-refractivity contribution in [2.45, 2.75) is 76.7 Å². The van der Waals surface area contributed by atoms with E-state index < -0.39 is 0 Å². The standard InChI is InChI=1S/C42H39BN2/c1-26-24-34-37-35(25-26)45-39-31(41(4)22-11-12-23-42(41,45)5)18-13-19-32(39)43(37)38-33(44(34)27-14-7-6-8-15-27)21-20-30-36(38)28-16-9-10-17-29(28)40(30,2)3/h6-10,13-21,24-25H,11-12,22-23H2,1-5H3. The summed E-state index contributed by atoms with van der Waals surface area (Å²) in [6.07, 6.45) is 5.07. The zero-order valence-electron chi connectivity index (χ0n) is 27.0. The minimum absolute atomic E-state index is 0.0430. The summed E-state index contributed by atoms with van der Waals surface area (Å²) in [6, 6.07) is 37.4. The van der Waals surface area contributed by atoms with Gasteiger partial charge in [0.2, 0.25) is 0 Å². The fourth-order valence-corrected chi connectivity index (χ4v) is 10.6. The summed E-state index contributed by atoms with van der Waals surface area (Å²) in [6.45, 7) is 12.4. The van der Waals surface area contributed by atoms with Crippen molar-refractivity contribution in [3.05, 3.63) is 119 Å². The molecule has 1 saturated carbocycles. The molecule has 0 saturated heterocycles. The van der Waals surface area contributed by atoms with Crippen molar-refractivity contribution in [1.82, 2.24) is 0 Å². The smallest absolute Gasteiger partial charge is 0.252 e. The number of benzene rings is 5. The van der Waals surface area contributed by atoms with Crippen LogP contribution < -0.4 is 26.2 Å². The zero-order valence-corrected chi connectivity index (χ0v) is 27.0. The fraction of sp³-hybridized carbons (Fsp3) is 0.286. The Morgan fingerprint density at radius 3 is 2.22 bits per heavy atom. The molecule has 0 N–H and O–H groups in total. The van der Waals surface area contributed by atoms with Gasteiger partial charge in [-0.15, -0.1) is 0 Å². The van der Waals surface area contributed by atoms with Crippen molar-refractivity contribution in [3.63, 3.8) is 0 Å². The van der Waals surface area contributed by atoms with Gasteiger partial charge in [0.05, 0.1) is 5.54 Å². The molecule has 45 heavy (non-hydrogen) atoms. The summed E-state index contributed by atoms with van der Waals surface area (Å²) in [5, 5.41) is 0. The van der Waals surface area contributed by atoms with Crippen LogP contribution in [0.25, 0.3) is 11.1 Å². The third-order valence-corrected chi connectivity index (χ3v) is 12.8. The van der Waals surface area contributed by atoms with E-state index in [9.17, 15) is 0 Å². The molecule has 5 aromatic carbocycles. The predicted octanol–water partition coefficient (Wildman–Crippen LogP) is 8.66. The molecule has 10 rings (SSSR count). The molecule has 5 aliphatic rings. The van der Waals surface area contributed by atoms with Crippen LogP contribution >= 0.6 is 0 Å². The second kappa shape index (κ2) is 8.32. The molecule has 3 heterocycles. The molecule has 2 atom stereocenters. The Morgan fingerprint density at radius 1 is 0.644 bits per heavy atom. The molecule has 0 amide bonds. The van der Waals surface area contributed by atoms with E-state index in [1.54, 1.807) is 5.56 Å². The Balaban J connectivity index is 1.39. The average Bonchev–Trinajstić information content (AvgIpc) is 3.41. The predicted molar refractivity (Wildman–Crippen MR) is 191 cm³/mol. The van der Waals surface area contributed by atoms with Crippen molar-refractivity contribution >= 4 is 51.5 Å². The largest absolute Gasteiger partial charge is 0.335 e. The minimum Gasteiger partial charge on any atom is -0.335 e. The maximum Gasteiger partial charge on any atom is 0.252 e. The second-order valence-electron chi connectivity index (χ2n) is 15.3. The lowest BCUT2D eigenvalue weighted by molar-refractivity contribution is 0.195. The van der Waals surface area contributed by atoms with Crippen LogP contribution in [0.2, 0.25) is 0 Å². The first-order chi connectivity index (χ1) is 21.8. The molecule has 2 unspecified atom stereocenters. The van der Waals surface area contributed by atoms with E-state index in [4.69, 9.17) is 0 Å². The van der Waals surface area contributed by atoms with E-state index in [0.29, 0.717) is 0 Å². The highest BCUT2D eigenvalue weighted by atomic mass is 15.3.